The Morgan fingerprint density at radius 3 is 2.36 bits per heavy atom. The van der Waals surface area contributed by atoms with E-state index in [1.807, 2.05) is 50.2 Å². The first kappa shape index (κ1) is 28.8. The van der Waals surface area contributed by atoms with E-state index in [1.165, 1.54) is 4.90 Å². The number of aryl methyl sites for hydroxylation is 3. The summed E-state index contributed by atoms with van der Waals surface area (Å²) in [7, 11) is 0. The number of carbonyl (C=O) groups is 3. The number of aliphatic hydroxyl groups is 1. The number of hydrogen-bond acceptors (Lipinski definition) is 8. The van der Waals surface area contributed by atoms with Crippen molar-refractivity contribution in [3.8, 4) is 5.75 Å². The van der Waals surface area contributed by atoms with Crippen LogP contribution in [-0.4, -0.2) is 34.4 Å². The average Bonchev–Trinajstić information content (AvgIpc) is 3.48. The molecule has 3 aromatic carbocycles. The Hall–Kier alpha value is -4.76. The summed E-state index contributed by atoms with van der Waals surface area (Å²) in [4.78, 5) is 45.4. The van der Waals surface area contributed by atoms with Gasteiger partial charge in [-0.05, 0) is 63.1 Å². The minimum Gasteiger partial charge on any atom is -0.507 e. The van der Waals surface area contributed by atoms with Gasteiger partial charge in [-0.15, -0.1) is 0 Å². The molecule has 1 amide bonds. The third-order valence-corrected chi connectivity index (χ3v) is 8.04. The van der Waals surface area contributed by atoms with Gasteiger partial charge in [0.2, 0.25) is 0 Å². The summed E-state index contributed by atoms with van der Waals surface area (Å²) in [6, 6.07) is 21.1. The summed E-state index contributed by atoms with van der Waals surface area (Å²) < 4.78 is 11.0. The lowest BCUT2D eigenvalue weighted by Gasteiger charge is -2.23. The molecule has 1 aliphatic heterocycles. The van der Waals surface area contributed by atoms with Crippen molar-refractivity contribution < 1.29 is 29.0 Å². The van der Waals surface area contributed by atoms with Crippen molar-refractivity contribution in [2.45, 2.75) is 40.3 Å². The number of Topliss-reactive ketones (excluding diaryl/α,β-unsaturated/α-hetero) is 1. The van der Waals surface area contributed by atoms with E-state index in [1.54, 1.807) is 50.2 Å². The molecule has 1 N–H and O–H groups in total. The molecule has 0 saturated carbocycles. The van der Waals surface area contributed by atoms with Crippen LogP contribution in [0.2, 0.25) is 0 Å². The molecular formula is C33H30N2O6S. The monoisotopic (exact) mass is 582 g/mol. The van der Waals surface area contributed by atoms with Gasteiger partial charge in [-0.3, -0.25) is 14.5 Å². The number of ketones is 1. The van der Waals surface area contributed by atoms with Crippen LogP contribution in [0.1, 0.15) is 56.1 Å². The topological polar surface area (TPSA) is 106 Å². The zero-order valence-corrected chi connectivity index (χ0v) is 24.5. The van der Waals surface area contributed by atoms with Gasteiger partial charge in [0, 0.05) is 5.56 Å². The van der Waals surface area contributed by atoms with Crippen LogP contribution in [0.4, 0.5) is 5.13 Å². The van der Waals surface area contributed by atoms with E-state index in [0.717, 1.165) is 28.0 Å². The van der Waals surface area contributed by atoms with Crippen molar-refractivity contribution in [2.75, 3.05) is 11.5 Å². The van der Waals surface area contributed by atoms with Crippen LogP contribution in [0, 0.1) is 20.8 Å². The molecule has 214 valence electrons. The standard InChI is InChI=1S/C33H30N2O6S/c1-5-40-32(39)30-21(4)34-33(42-30)35-27(23-11-9-19(2)10-12-23)26(29(37)31(35)38)28(36)24-13-15-25(16-14-24)41-18-22-8-6-7-20(3)17-22/h6-17,27,36H,5,18H2,1-4H3/b28-26+. The second-order valence-electron chi connectivity index (χ2n) is 10.0. The molecule has 1 saturated heterocycles. The molecule has 1 aromatic heterocycles. The van der Waals surface area contributed by atoms with Gasteiger partial charge in [0.15, 0.2) is 5.13 Å². The van der Waals surface area contributed by atoms with Crippen LogP contribution in [0.15, 0.2) is 78.4 Å². The molecule has 0 radical (unpaired) electrons. The molecule has 5 rings (SSSR count). The first-order chi connectivity index (χ1) is 20.2. The van der Waals surface area contributed by atoms with Crippen molar-refractivity contribution in [3.63, 3.8) is 0 Å². The Morgan fingerprint density at radius 2 is 1.69 bits per heavy atom. The van der Waals surface area contributed by atoms with Crippen molar-refractivity contribution in [1.29, 1.82) is 0 Å². The molecule has 1 unspecified atom stereocenters. The molecule has 9 heteroatoms. The van der Waals surface area contributed by atoms with Gasteiger partial charge in [0.05, 0.1) is 23.9 Å². The van der Waals surface area contributed by atoms with Crippen molar-refractivity contribution in [3.05, 3.63) is 117 Å². The van der Waals surface area contributed by atoms with E-state index in [9.17, 15) is 19.5 Å². The number of aromatic nitrogens is 1. The summed E-state index contributed by atoms with van der Waals surface area (Å²) in [6.45, 7) is 7.87. The molecule has 0 bridgehead atoms. The van der Waals surface area contributed by atoms with Crippen LogP contribution >= 0.6 is 11.3 Å². The number of ether oxygens (including phenoxy) is 2. The number of rotatable bonds is 8. The smallest absolute Gasteiger partial charge is 0.350 e. The molecule has 2 heterocycles. The summed E-state index contributed by atoms with van der Waals surface area (Å²) in [5.74, 6) is -1.96. The number of hydrogen-bond donors (Lipinski definition) is 1. The van der Waals surface area contributed by atoms with Crippen molar-refractivity contribution >= 4 is 39.9 Å². The van der Waals surface area contributed by atoms with Crippen LogP contribution in [0.3, 0.4) is 0 Å². The Kier molecular flexibility index (Phi) is 8.22. The molecule has 0 aliphatic carbocycles. The summed E-state index contributed by atoms with van der Waals surface area (Å²) in [6.07, 6.45) is 0. The largest absolute Gasteiger partial charge is 0.507 e. The molecule has 1 aliphatic rings. The number of thiazole rings is 1. The lowest BCUT2D eigenvalue weighted by molar-refractivity contribution is -0.132. The van der Waals surface area contributed by atoms with Crippen LogP contribution in [0.5, 0.6) is 5.75 Å². The normalized spacial score (nSPS) is 16.1. The highest BCUT2D eigenvalue weighted by Crippen LogP contribution is 2.44. The quantitative estimate of drug-likeness (QED) is 0.110. The predicted molar refractivity (Wildman–Crippen MR) is 161 cm³/mol. The zero-order chi connectivity index (χ0) is 30.0. The number of nitrogens with zero attached hydrogens (tertiary/aromatic N) is 2. The number of carbonyl (C=O) groups excluding carboxylic acids is 3. The minimum absolute atomic E-state index is 0.0668. The molecule has 8 nitrogen and oxygen atoms in total. The Morgan fingerprint density at radius 1 is 0.976 bits per heavy atom. The van der Waals surface area contributed by atoms with E-state index in [0.29, 0.717) is 29.2 Å². The van der Waals surface area contributed by atoms with E-state index < -0.39 is 23.7 Å². The van der Waals surface area contributed by atoms with E-state index in [2.05, 4.69) is 4.98 Å². The van der Waals surface area contributed by atoms with Gasteiger partial charge >= 0.3 is 11.9 Å². The molecular weight excluding hydrogens is 552 g/mol. The second kappa shape index (κ2) is 12.0. The molecule has 42 heavy (non-hydrogen) atoms. The second-order valence-corrected chi connectivity index (χ2v) is 11.0. The zero-order valence-electron chi connectivity index (χ0n) is 23.7. The lowest BCUT2D eigenvalue weighted by atomic mass is 9.95. The Labute approximate surface area is 247 Å². The van der Waals surface area contributed by atoms with Crippen LogP contribution in [0.25, 0.3) is 5.76 Å². The third kappa shape index (κ3) is 5.69. The highest BCUT2D eigenvalue weighted by Gasteiger charge is 2.48. The van der Waals surface area contributed by atoms with Crippen molar-refractivity contribution in [1.82, 2.24) is 4.98 Å². The predicted octanol–water partition coefficient (Wildman–Crippen LogP) is 6.45. The van der Waals surface area contributed by atoms with Crippen molar-refractivity contribution in [2.24, 2.45) is 0 Å². The van der Waals surface area contributed by atoms with Gasteiger partial charge in [-0.2, -0.15) is 0 Å². The number of anilines is 1. The fourth-order valence-corrected chi connectivity index (χ4v) is 5.79. The molecule has 1 atom stereocenters. The Bertz CT molecular complexity index is 1690. The maximum absolute atomic E-state index is 13.5. The first-order valence-electron chi connectivity index (χ1n) is 13.5. The number of esters is 1. The van der Waals surface area contributed by atoms with E-state index in [-0.39, 0.29) is 27.9 Å². The highest BCUT2D eigenvalue weighted by atomic mass is 32.1. The van der Waals surface area contributed by atoms with E-state index >= 15 is 0 Å². The summed E-state index contributed by atoms with van der Waals surface area (Å²) in [5, 5.41) is 11.6. The summed E-state index contributed by atoms with van der Waals surface area (Å²) >= 11 is 0.975. The Balaban J connectivity index is 1.52. The third-order valence-electron chi connectivity index (χ3n) is 6.91. The first-order valence-corrected chi connectivity index (χ1v) is 14.3. The highest BCUT2D eigenvalue weighted by molar-refractivity contribution is 7.17. The number of amides is 1. The summed E-state index contributed by atoms with van der Waals surface area (Å²) in [5.41, 5.74) is 4.46. The van der Waals surface area contributed by atoms with Gasteiger partial charge < -0.3 is 14.6 Å². The van der Waals surface area contributed by atoms with Gasteiger partial charge in [-0.1, -0.05) is 71.0 Å². The van der Waals surface area contributed by atoms with Gasteiger partial charge in [0.25, 0.3) is 5.78 Å². The fraction of sp³-hybridized carbons (Fsp3) is 0.212. The van der Waals surface area contributed by atoms with Crippen LogP contribution < -0.4 is 9.64 Å². The minimum atomic E-state index is -0.955. The maximum atomic E-state index is 13.5. The van der Waals surface area contributed by atoms with Gasteiger partial charge in [0.1, 0.15) is 23.0 Å². The lowest BCUT2D eigenvalue weighted by Crippen LogP contribution is -2.29. The number of aliphatic hydroxyl groups excluding tert-OH is 1. The molecule has 1 fully saturated rings. The van der Waals surface area contributed by atoms with Crippen LogP contribution in [-0.2, 0) is 20.9 Å². The number of benzene rings is 3. The molecule has 0 spiro atoms. The maximum Gasteiger partial charge on any atom is 0.350 e. The van der Waals surface area contributed by atoms with Gasteiger partial charge in [-0.25, -0.2) is 9.78 Å². The SMILES string of the molecule is CCOC(=O)c1sc(N2C(=O)C(=O)/C(=C(/O)c3ccc(OCc4cccc(C)c4)cc3)C2c2ccc(C)cc2)nc1C. The van der Waals surface area contributed by atoms with E-state index in [4.69, 9.17) is 9.47 Å². The molecule has 4 aromatic rings. The average molecular weight is 583 g/mol. The fourth-order valence-electron chi connectivity index (χ4n) is 4.80.